The second-order valence-corrected chi connectivity index (χ2v) is 4.47. The molecule has 1 heterocycles. The Morgan fingerprint density at radius 3 is 2.88 bits per heavy atom. The van der Waals surface area contributed by atoms with Gasteiger partial charge in [-0.15, -0.1) is 5.10 Å². The Hall–Kier alpha value is -1.27. The molecule has 0 bridgehead atoms. The van der Waals surface area contributed by atoms with Gasteiger partial charge in [0.1, 0.15) is 0 Å². The zero-order valence-electron chi connectivity index (χ0n) is 8.16. The van der Waals surface area contributed by atoms with Crippen molar-refractivity contribution in [2.45, 2.75) is 6.92 Å². The van der Waals surface area contributed by atoms with Crippen molar-refractivity contribution in [3.63, 3.8) is 0 Å². The number of hydrogen-bond acceptors (Lipinski definition) is 3. The summed E-state index contributed by atoms with van der Waals surface area (Å²) >= 11 is 9.32. The highest BCUT2D eigenvalue weighted by atomic mass is 79.9. The summed E-state index contributed by atoms with van der Waals surface area (Å²) in [6.45, 7) is 1.78. The van der Waals surface area contributed by atoms with Crippen LogP contribution in [0.5, 0.6) is 0 Å². The Bertz CT molecular complexity index is 609. The number of carboxylic acid groups (broad SMARTS) is 1. The standard InChI is InChI=1S/C9H7BrClN3O2/c1-3-2-4-5(6(10)7(3)11)8(12)13-14(4)9(15)16/h2H,1H3,(H2,12,13)(H,15,16). The summed E-state index contributed by atoms with van der Waals surface area (Å²) in [7, 11) is 0. The van der Waals surface area contributed by atoms with Crippen LogP contribution in [0, 0.1) is 6.92 Å². The third-order valence-electron chi connectivity index (χ3n) is 2.24. The fraction of sp³-hybridized carbons (Fsp3) is 0.111. The predicted octanol–water partition coefficient (Wildman–Crippen LogP) is 2.87. The molecule has 2 aromatic rings. The molecule has 3 N–H and O–H groups in total. The lowest BCUT2D eigenvalue weighted by Gasteiger charge is -2.03. The first-order valence-electron chi connectivity index (χ1n) is 4.29. The molecule has 1 aromatic carbocycles. The minimum absolute atomic E-state index is 0.131. The van der Waals surface area contributed by atoms with E-state index in [0.717, 1.165) is 10.2 Å². The number of anilines is 1. The molecule has 7 heteroatoms. The average molecular weight is 305 g/mol. The van der Waals surface area contributed by atoms with Crippen molar-refractivity contribution < 1.29 is 9.90 Å². The van der Waals surface area contributed by atoms with Crippen LogP contribution in [-0.2, 0) is 0 Å². The number of carbonyl (C=O) groups is 1. The molecule has 0 atom stereocenters. The zero-order valence-corrected chi connectivity index (χ0v) is 10.5. The van der Waals surface area contributed by atoms with Gasteiger partial charge >= 0.3 is 6.09 Å². The van der Waals surface area contributed by atoms with E-state index in [1.165, 1.54) is 0 Å². The minimum Gasteiger partial charge on any atom is -0.463 e. The van der Waals surface area contributed by atoms with E-state index in [1.54, 1.807) is 13.0 Å². The zero-order chi connectivity index (χ0) is 12.0. The first-order valence-corrected chi connectivity index (χ1v) is 5.46. The Labute approximate surface area is 104 Å². The van der Waals surface area contributed by atoms with E-state index in [9.17, 15) is 4.79 Å². The lowest BCUT2D eigenvalue weighted by atomic mass is 10.2. The van der Waals surface area contributed by atoms with Crippen LogP contribution in [0.4, 0.5) is 10.6 Å². The molecule has 0 aliphatic rings. The monoisotopic (exact) mass is 303 g/mol. The number of fused-ring (bicyclic) bond motifs is 1. The topological polar surface area (TPSA) is 81.1 Å². The van der Waals surface area contributed by atoms with Crippen molar-refractivity contribution in [2.24, 2.45) is 0 Å². The lowest BCUT2D eigenvalue weighted by molar-refractivity contribution is 0.194. The summed E-state index contributed by atoms with van der Waals surface area (Å²) in [5, 5.41) is 13.7. The normalized spacial score (nSPS) is 10.9. The van der Waals surface area contributed by atoms with Gasteiger partial charge in [0.2, 0.25) is 0 Å². The van der Waals surface area contributed by atoms with Gasteiger partial charge in [-0.1, -0.05) is 11.6 Å². The van der Waals surface area contributed by atoms with Crippen molar-refractivity contribution in [2.75, 3.05) is 5.73 Å². The highest BCUT2D eigenvalue weighted by molar-refractivity contribution is 9.10. The van der Waals surface area contributed by atoms with Gasteiger partial charge in [-0.05, 0) is 34.5 Å². The van der Waals surface area contributed by atoms with Crippen molar-refractivity contribution in [1.82, 2.24) is 9.78 Å². The smallest absolute Gasteiger partial charge is 0.432 e. The molecular formula is C9H7BrClN3O2. The third kappa shape index (κ3) is 1.45. The Balaban J connectivity index is 2.97. The minimum atomic E-state index is -1.18. The van der Waals surface area contributed by atoms with Crippen LogP contribution in [0.15, 0.2) is 10.5 Å². The number of hydrogen-bond donors (Lipinski definition) is 2. The van der Waals surface area contributed by atoms with Gasteiger partial charge in [-0.25, -0.2) is 4.79 Å². The van der Waals surface area contributed by atoms with E-state index in [0.29, 0.717) is 20.4 Å². The van der Waals surface area contributed by atoms with Crippen molar-refractivity contribution in [3.05, 3.63) is 21.1 Å². The first kappa shape index (κ1) is 11.2. The molecule has 0 unspecified atom stereocenters. The molecule has 84 valence electrons. The molecular weight excluding hydrogens is 297 g/mol. The molecule has 0 aliphatic heterocycles. The van der Waals surface area contributed by atoms with Gasteiger partial charge < -0.3 is 10.8 Å². The van der Waals surface area contributed by atoms with Gasteiger partial charge in [-0.2, -0.15) is 4.68 Å². The Morgan fingerprint density at radius 1 is 1.69 bits per heavy atom. The van der Waals surface area contributed by atoms with Crippen molar-refractivity contribution in [3.8, 4) is 0 Å². The molecule has 0 saturated carbocycles. The number of halogens is 2. The van der Waals surface area contributed by atoms with Gasteiger partial charge in [0.25, 0.3) is 0 Å². The van der Waals surface area contributed by atoms with Gasteiger partial charge in [-0.3, -0.25) is 0 Å². The second kappa shape index (κ2) is 3.64. The molecule has 1 aromatic heterocycles. The molecule has 0 amide bonds. The molecule has 16 heavy (non-hydrogen) atoms. The SMILES string of the molecule is Cc1cc2c(c(N)nn2C(=O)O)c(Br)c1Cl. The second-order valence-electron chi connectivity index (χ2n) is 3.30. The van der Waals surface area contributed by atoms with Gasteiger partial charge in [0.15, 0.2) is 5.82 Å². The van der Waals surface area contributed by atoms with Crippen molar-refractivity contribution in [1.29, 1.82) is 0 Å². The number of rotatable bonds is 0. The van der Waals surface area contributed by atoms with Crippen LogP contribution in [-0.4, -0.2) is 21.0 Å². The summed E-state index contributed by atoms with van der Waals surface area (Å²) in [6.07, 6.45) is -1.18. The summed E-state index contributed by atoms with van der Waals surface area (Å²) < 4.78 is 1.40. The highest BCUT2D eigenvalue weighted by Crippen LogP contribution is 2.36. The summed E-state index contributed by atoms with van der Waals surface area (Å²) in [5.74, 6) is 0.131. The number of benzene rings is 1. The quantitative estimate of drug-likeness (QED) is 0.784. The van der Waals surface area contributed by atoms with Crippen LogP contribution in [0.1, 0.15) is 5.56 Å². The van der Waals surface area contributed by atoms with Gasteiger partial charge in [0.05, 0.1) is 15.9 Å². The van der Waals surface area contributed by atoms with Crippen LogP contribution in [0.3, 0.4) is 0 Å². The summed E-state index contributed by atoms with van der Waals surface area (Å²) in [4.78, 5) is 10.9. The molecule has 0 spiro atoms. The Morgan fingerprint density at radius 2 is 2.31 bits per heavy atom. The molecule has 2 rings (SSSR count). The van der Waals surface area contributed by atoms with Crippen LogP contribution in [0.25, 0.3) is 10.9 Å². The number of aryl methyl sites for hydroxylation is 1. The maximum Gasteiger partial charge on any atom is 0.432 e. The number of nitrogens with two attached hydrogens (primary N) is 1. The number of nitrogens with zero attached hydrogens (tertiary/aromatic N) is 2. The Kier molecular flexibility index (Phi) is 2.55. The highest BCUT2D eigenvalue weighted by Gasteiger charge is 2.18. The lowest BCUT2D eigenvalue weighted by Crippen LogP contribution is -2.09. The van der Waals surface area contributed by atoms with E-state index >= 15 is 0 Å². The fourth-order valence-electron chi connectivity index (χ4n) is 1.50. The van der Waals surface area contributed by atoms with Crippen LogP contribution in [0.2, 0.25) is 5.02 Å². The molecule has 0 radical (unpaired) electrons. The third-order valence-corrected chi connectivity index (χ3v) is 3.75. The fourth-order valence-corrected chi connectivity index (χ4v) is 2.37. The molecule has 0 fully saturated rings. The van der Waals surface area contributed by atoms with Crippen LogP contribution >= 0.6 is 27.5 Å². The average Bonchev–Trinajstić information content (AvgIpc) is 2.52. The molecule has 5 nitrogen and oxygen atoms in total. The molecule has 0 saturated heterocycles. The maximum atomic E-state index is 10.9. The van der Waals surface area contributed by atoms with E-state index in [4.69, 9.17) is 22.4 Å². The summed E-state index contributed by atoms with van der Waals surface area (Å²) in [6, 6.07) is 1.64. The van der Waals surface area contributed by atoms with E-state index in [-0.39, 0.29) is 5.82 Å². The number of aromatic nitrogens is 2. The summed E-state index contributed by atoms with van der Waals surface area (Å²) in [5.41, 5.74) is 6.82. The largest absolute Gasteiger partial charge is 0.463 e. The van der Waals surface area contributed by atoms with E-state index in [2.05, 4.69) is 21.0 Å². The molecule has 0 aliphatic carbocycles. The van der Waals surface area contributed by atoms with Crippen molar-refractivity contribution >= 4 is 50.3 Å². The van der Waals surface area contributed by atoms with Gasteiger partial charge in [0, 0.05) is 4.47 Å². The predicted molar refractivity (Wildman–Crippen MR) is 65.0 cm³/mol. The van der Waals surface area contributed by atoms with Crippen LogP contribution < -0.4 is 5.73 Å². The maximum absolute atomic E-state index is 10.9. The van der Waals surface area contributed by atoms with E-state index < -0.39 is 6.09 Å². The van der Waals surface area contributed by atoms with E-state index in [1.807, 2.05) is 0 Å². The first-order chi connectivity index (χ1) is 7.43. The number of nitrogen functional groups attached to an aromatic ring is 1.